The average molecular weight is 340 g/mol. The molecule has 0 radical (unpaired) electrons. The Labute approximate surface area is 134 Å². The highest BCUT2D eigenvalue weighted by atomic mass is 32.2. The van der Waals surface area contributed by atoms with E-state index >= 15 is 0 Å². The van der Waals surface area contributed by atoms with Crippen LogP contribution in [0.15, 0.2) is 12.1 Å². The van der Waals surface area contributed by atoms with Crippen molar-refractivity contribution in [1.29, 1.82) is 0 Å². The Balaban J connectivity index is 2.03. The van der Waals surface area contributed by atoms with E-state index in [1.54, 1.807) is 11.9 Å². The van der Waals surface area contributed by atoms with E-state index in [1.807, 2.05) is 0 Å². The summed E-state index contributed by atoms with van der Waals surface area (Å²) in [4.78, 5) is 27.5. The fraction of sp³-hybridized carbons (Fsp3) is 0.429. The Morgan fingerprint density at radius 2 is 1.52 bits per heavy atom. The lowest BCUT2D eigenvalue weighted by molar-refractivity contribution is 0.0642. The number of hydrogen-bond acceptors (Lipinski definition) is 7. The smallest absolute Gasteiger partial charge is 0.261 e. The number of anilines is 2. The predicted molar refractivity (Wildman–Crippen MR) is 87.8 cm³/mol. The monoisotopic (exact) mass is 340 g/mol. The Morgan fingerprint density at radius 1 is 1.04 bits per heavy atom. The van der Waals surface area contributed by atoms with Crippen molar-refractivity contribution < 1.29 is 18.0 Å². The number of nitrogens with two attached hydrogens (primary N) is 2. The summed E-state index contributed by atoms with van der Waals surface area (Å²) in [5.41, 5.74) is 12.4. The number of sulfone groups is 1. The highest BCUT2D eigenvalue weighted by molar-refractivity contribution is 7.90. The average Bonchev–Trinajstić information content (AvgIpc) is 2.67. The van der Waals surface area contributed by atoms with Crippen LogP contribution in [0.5, 0.6) is 0 Å². The zero-order chi connectivity index (χ0) is 17.4. The minimum absolute atomic E-state index is 0.0265. The van der Waals surface area contributed by atoms with Crippen LogP contribution < -0.4 is 11.5 Å². The van der Waals surface area contributed by atoms with Gasteiger partial charge in [0.25, 0.3) is 11.8 Å². The largest absolute Gasteiger partial charge is 0.397 e. The first-order valence-corrected chi connectivity index (χ1v) is 9.07. The molecule has 4 N–H and O–H groups in total. The SMILES string of the molecule is CN(CCN1C(=O)c2cc(N)c(N)cc2C1=O)CCS(C)(=O)=O. The standard InChI is InChI=1S/C14H20N4O4S/c1-17(5-6-23(2,21)22)3-4-18-13(19)9-7-11(15)12(16)8-10(9)14(18)20/h7-8H,3-6,15-16H2,1-2H3. The number of imide groups is 1. The molecule has 23 heavy (non-hydrogen) atoms. The van der Waals surface area contributed by atoms with Crippen molar-refractivity contribution in [1.82, 2.24) is 9.80 Å². The van der Waals surface area contributed by atoms with Crippen molar-refractivity contribution in [2.75, 3.05) is 50.2 Å². The number of benzene rings is 1. The number of carbonyl (C=O) groups is 2. The molecule has 2 rings (SSSR count). The predicted octanol–water partition coefficient (Wildman–Crippen LogP) is -0.577. The minimum Gasteiger partial charge on any atom is -0.397 e. The van der Waals surface area contributed by atoms with Crippen molar-refractivity contribution in [2.24, 2.45) is 0 Å². The van der Waals surface area contributed by atoms with Crippen LogP contribution in [-0.2, 0) is 9.84 Å². The van der Waals surface area contributed by atoms with Crippen LogP contribution in [0.2, 0.25) is 0 Å². The molecule has 126 valence electrons. The van der Waals surface area contributed by atoms with E-state index in [-0.39, 0.29) is 34.8 Å². The molecule has 0 unspecified atom stereocenters. The van der Waals surface area contributed by atoms with Gasteiger partial charge in [0, 0.05) is 25.9 Å². The molecule has 2 amide bonds. The van der Waals surface area contributed by atoms with Crippen molar-refractivity contribution in [3.63, 3.8) is 0 Å². The molecule has 0 aromatic heterocycles. The molecule has 1 aliphatic rings. The second-order valence-corrected chi connectivity index (χ2v) is 7.98. The van der Waals surface area contributed by atoms with Gasteiger partial charge >= 0.3 is 0 Å². The highest BCUT2D eigenvalue weighted by Crippen LogP contribution is 2.28. The maximum Gasteiger partial charge on any atom is 0.261 e. The summed E-state index contributed by atoms with van der Waals surface area (Å²) < 4.78 is 22.3. The number of nitrogen functional groups attached to an aromatic ring is 2. The number of hydrogen-bond donors (Lipinski definition) is 2. The van der Waals surface area contributed by atoms with Gasteiger partial charge in [0.15, 0.2) is 0 Å². The summed E-state index contributed by atoms with van der Waals surface area (Å²) in [6.07, 6.45) is 1.17. The van der Waals surface area contributed by atoms with Crippen LogP contribution in [0, 0.1) is 0 Å². The number of rotatable bonds is 6. The summed E-state index contributed by atoms with van der Waals surface area (Å²) in [5.74, 6) is -0.792. The minimum atomic E-state index is -3.05. The van der Waals surface area contributed by atoms with Gasteiger partial charge in [-0.05, 0) is 19.2 Å². The van der Waals surface area contributed by atoms with Crippen LogP contribution in [-0.4, -0.2) is 68.7 Å². The summed E-state index contributed by atoms with van der Waals surface area (Å²) in [6.45, 7) is 0.889. The molecule has 0 saturated heterocycles. The fourth-order valence-corrected chi connectivity index (χ4v) is 2.92. The maximum absolute atomic E-state index is 12.3. The third-order valence-corrected chi connectivity index (χ3v) is 4.65. The van der Waals surface area contributed by atoms with E-state index in [0.29, 0.717) is 13.1 Å². The van der Waals surface area contributed by atoms with Crippen LogP contribution in [0.25, 0.3) is 0 Å². The normalized spacial score (nSPS) is 14.7. The number of amides is 2. The molecule has 1 aromatic rings. The molecule has 0 bridgehead atoms. The second-order valence-electron chi connectivity index (χ2n) is 5.72. The third kappa shape index (κ3) is 3.80. The molecule has 0 aliphatic carbocycles. The van der Waals surface area contributed by atoms with Gasteiger partial charge in [-0.2, -0.15) is 0 Å². The van der Waals surface area contributed by atoms with Gasteiger partial charge < -0.3 is 16.4 Å². The van der Waals surface area contributed by atoms with E-state index < -0.39 is 21.7 Å². The van der Waals surface area contributed by atoms with E-state index in [9.17, 15) is 18.0 Å². The first-order valence-electron chi connectivity index (χ1n) is 7.01. The Hall–Kier alpha value is -2.13. The summed E-state index contributed by atoms with van der Waals surface area (Å²) in [5, 5.41) is 0. The molecular weight excluding hydrogens is 320 g/mol. The van der Waals surface area contributed by atoms with E-state index in [0.717, 1.165) is 4.90 Å². The maximum atomic E-state index is 12.3. The lowest BCUT2D eigenvalue weighted by Crippen LogP contribution is -2.38. The van der Waals surface area contributed by atoms with Crippen molar-refractivity contribution in [2.45, 2.75) is 0 Å². The summed E-state index contributed by atoms with van der Waals surface area (Å²) >= 11 is 0. The third-order valence-electron chi connectivity index (χ3n) is 3.72. The van der Waals surface area contributed by atoms with Gasteiger partial charge in [-0.3, -0.25) is 14.5 Å². The molecule has 9 heteroatoms. The van der Waals surface area contributed by atoms with Crippen LogP contribution in [0.3, 0.4) is 0 Å². The van der Waals surface area contributed by atoms with Gasteiger partial charge in [-0.1, -0.05) is 0 Å². The number of fused-ring (bicyclic) bond motifs is 1. The lowest BCUT2D eigenvalue weighted by Gasteiger charge is -2.20. The zero-order valence-corrected chi connectivity index (χ0v) is 13.9. The summed E-state index contributed by atoms with van der Waals surface area (Å²) in [6, 6.07) is 2.83. The molecule has 8 nitrogen and oxygen atoms in total. The first kappa shape index (κ1) is 17.2. The molecule has 0 atom stereocenters. The van der Waals surface area contributed by atoms with Crippen LogP contribution in [0.4, 0.5) is 11.4 Å². The number of carbonyl (C=O) groups excluding carboxylic acids is 2. The Bertz CT molecular complexity index is 719. The van der Waals surface area contributed by atoms with Crippen molar-refractivity contribution in [3.05, 3.63) is 23.3 Å². The van der Waals surface area contributed by atoms with Gasteiger partial charge in [0.1, 0.15) is 9.84 Å². The first-order chi connectivity index (χ1) is 10.6. The van der Waals surface area contributed by atoms with Crippen LogP contribution in [0.1, 0.15) is 20.7 Å². The molecule has 1 aromatic carbocycles. The lowest BCUT2D eigenvalue weighted by atomic mass is 10.1. The highest BCUT2D eigenvalue weighted by Gasteiger charge is 2.35. The van der Waals surface area contributed by atoms with Crippen molar-refractivity contribution in [3.8, 4) is 0 Å². The van der Waals surface area contributed by atoms with E-state index in [1.165, 1.54) is 18.4 Å². The zero-order valence-electron chi connectivity index (χ0n) is 13.1. The van der Waals surface area contributed by atoms with Gasteiger partial charge in [-0.25, -0.2) is 8.42 Å². The number of likely N-dealkylation sites (N-methyl/N-ethyl adjacent to an activating group) is 1. The molecule has 0 spiro atoms. The molecule has 1 heterocycles. The number of nitrogens with zero attached hydrogens (tertiary/aromatic N) is 2. The van der Waals surface area contributed by atoms with E-state index in [2.05, 4.69) is 0 Å². The molecule has 0 fully saturated rings. The van der Waals surface area contributed by atoms with Gasteiger partial charge in [-0.15, -0.1) is 0 Å². The summed E-state index contributed by atoms with van der Waals surface area (Å²) in [7, 11) is -1.31. The topological polar surface area (TPSA) is 127 Å². The molecule has 1 aliphatic heterocycles. The van der Waals surface area contributed by atoms with Crippen molar-refractivity contribution >= 4 is 33.0 Å². The fourth-order valence-electron chi connectivity index (χ4n) is 2.28. The van der Waals surface area contributed by atoms with Gasteiger partial charge in [0.2, 0.25) is 0 Å². The second kappa shape index (κ2) is 6.17. The van der Waals surface area contributed by atoms with Crippen LogP contribution >= 0.6 is 0 Å². The quantitative estimate of drug-likeness (QED) is 0.524. The molecule has 0 saturated carbocycles. The molecular formula is C14H20N4O4S. The Kier molecular flexibility index (Phi) is 4.62. The van der Waals surface area contributed by atoms with E-state index in [4.69, 9.17) is 11.5 Å². The Morgan fingerprint density at radius 3 is 1.96 bits per heavy atom. The van der Waals surface area contributed by atoms with Gasteiger partial charge in [0.05, 0.1) is 28.3 Å².